The van der Waals surface area contributed by atoms with E-state index in [1.165, 1.54) is 5.56 Å². The van der Waals surface area contributed by atoms with Crippen molar-refractivity contribution in [3.05, 3.63) is 35.9 Å². The zero-order chi connectivity index (χ0) is 13.0. The molecule has 2 aliphatic heterocycles. The summed E-state index contributed by atoms with van der Waals surface area (Å²) in [7, 11) is 0. The second-order valence-corrected chi connectivity index (χ2v) is 5.41. The monoisotopic (exact) mass is 262 g/mol. The van der Waals surface area contributed by atoms with E-state index in [4.69, 9.17) is 9.47 Å². The third-order valence-corrected chi connectivity index (χ3v) is 4.01. The van der Waals surface area contributed by atoms with E-state index in [1.54, 1.807) is 0 Å². The lowest BCUT2D eigenvalue weighted by Crippen LogP contribution is -2.62. The SMILES string of the molecule is c1ccc(CN2CCOCC23CNCCOC3)cc1. The van der Waals surface area contributed by atoms with Gasteiger partial charge in [0, 0.05) is 26.2 Å². The normalized spacial score (nSPS) is 29.3. The van der Waals surface area contributed by atoms with Crippen molar-refractivity contribution in [3.8, 4) is 0 Å². The van der Waals surface area contributed by atoms with Gasteiger partial charge in [0.2, 0.25) is 0 Å². The van der Waals surface area contributed by atoms with Gasteiger partial charge in [0.05, 0.1) is 32.0 Å². The molecule has 1 N–H and O–H groups in total. The second kappa shape index (κ2) is 6.01. The molecule has 0 saturated carbocycles. The summed E-state index contributed by atoms with van der Waals surface area (Å²) in [6, 6.07) is 10.6. The van der Waals surface area contributed by atoms with Crippen molar-refractivity contribution in [3.63, 3.8) is 0 Å². The van der Waals surface area contributed by atoms with Gasteiger partial charge < -0.3 is 14.8 Å². The van der Waals surface area contributed by atoms with E-state index < -0.39 is 0 Å². The van der Waals surface area contributed by atoms with Gasteiger partial charge in [0.25, 0.3) is 0 Å². The minimum Gasteiger partial charge on any atom is -0.378 e. The lowest BCUT2D eigenvalue weighted by molar-refractivity contribution is -0.0985. The van der Waals surface area contributed by atoms with Crippen LogP contribution in [-0.2, 0) is 16.0 Å². The molecular formula is C15H22N2O2. The Morgan fingerprint density at radius 2 is 1.89 bits per heavy atom. The molecule has 0 radical (unpaired) electrons. The van der Waals surface area contributed by atoms with Crippen LogP contribution in [0.2, 0.25) is 0 Å². The van der Waals surface area contributed by atoms with Crippen LogP contribution in [0, 0.1) is 0 Å². The van der Waals surface area contributed by atoms with Gasteiger partial charge in [-0.05, 0) is 5.56 Å². The lowest BCUT2D eigenvalue weighted by Gasteiger charge is -2.46. The average Bonchev–Trinajstić information content (AvgIpc) is 2.69. The molecule has 0 aromatic heterocycles. The Hall–Kier alpha value is -0.940. The number of hydrogen-bond acceptors (Lipinski definition) is 4. The molecule has 104 valence electrons. The van der Waals surface area contributed by atoms with Crippen molar-refractivity contribution in [2.24, 2.45) is 0 Å². The van der Waals surface area contributed by atoms with Crippen LogP contribution in [0.1, 0.15) is 5.56 Å². The molecule has 19 heavy (non-hydrogen) atoms. The van der Waals surface area contributed by atoms with Crippen LogP contribution in [0.4, 0.5) is 0 Å². The summed E-state index contributed by atoms with van der Waals surface area (Å²) in [6.07, 6.45) is 0. The first-order valence-corrected chi connectivity index (χ1v) is 7.04. The number of rotatable bonds is 2. The molecule has 1 atom stereocenters. The highest BCUT2D eigenvalue weighted by Crippen LogP contribution is 2.24. The highest BCUT2D eigenvalue weighted by atomic mass is 16.5. The molecule has 4 nitrogen and oxygen atoms in total. The number of benzene rings is 1. The van der Waals surface area contributed by atoms with Gasteiger partial charge in [0.1, 0.15) is 0 Å². The zero-order valence-corrected chi connectivity index (χ0v) is 11.3. The van der Waals surface area contributed by atoms with Gasteiger partial charge in [-0.1, -0.05) is 30.3 Å². The summed E-state index contributed by atoms with van der Waals surface area (Å²) in [6.45, 7) is 6.94. The van der Waals surface area contributed by atoms with E-state index in [2.05, 4.69) is 40.5 Å². The summed E-state index contributed by atoms with van der Waals surface area (Å²) >= 11 is 0. The Morgan fingerprint density at radius 3 is 2.74 bits per heavy atom. The quantitative estimate of drug-likeness (QED) is 0.858. The first kappa shape index (κ1) is 13.1. The van der Waals surface area contributed by atoms with Crippen molar-refractivity contribution in [1.82, 2.24) is 10.2 Å². The fourth-order valence-electron chi connectivity index (χ4n) is 2.89. The molecule has 2 saturated heterocycles. The predicted molar refractivity (Wildman–Crippen MR) is 74.1 cm³/mol. The van der Waals surface area contributed by atoms with Crippen LogP contribution in [0.15, 0.2) is 30.3 Å². The number of ether oxygens (including phenoxy) is 2. The maximum Gasteiger partial charge on any atom is 0.0808 e. The topological polar surface area (TPSA) is 33.7 Å². The summed E-state index contributed by atoms with van der Waals surface area (Å²) in [5, 5.41) is 3.48. The Kier molecular flexibility index (Phi) is 4.13. The first-order chi connectivity index (χ1) is 9.39. The van der Waals surface area contributed by atoms with Crippen molar-refractivity contribution < 1.29 is 9.47 Å². The third-order valence-electron chi connectivity index (χ3n) is 4.01. The van der Waals surface area contributed by atoms with Crippen LogP contribution in [0.25, 0.3) is 0 Å². The third kappa shape index (κ3) is 2.98. The van der Waals surface area contributed by atoms with E-state index >= 15 is 0 Å². The Balaban J connectivity index is 1.76. The molecule has 1 spiro atoms. The molecule has 1 unspecified atom stereocenters. The maximum atomic E-state index is 5.77. The summed E-state index contributed by atoms with van der Waals surface area (Å²) in [4.78, 5) is 2.52. The summed E-state index contributed by atoms with van der Waals surface area (Å²) in [5.41, 5.74) is 1.35. The molecule has 4 heteroatoms. The van der Waals surface area contributed by atoms with Gasteiger partial charge >= 0.3 is 0 Å². The van der Waals surface area contributed by atoms with Crippen molar-refractivity contribution in [2.45, 2.75) is 12.1 Å². The minimum absolute atomic E-state index is 0.00933. The van der Waals surface area contributed by atoms with Gasteiger partial charge in [0.15, 0.2) is 0 Å². The fraction of sp³-hybridized carbons (Fsp3) is 0.600. The lowest BCUT2D eigenvalue weighted by atomic mass is 9.96. The molecular weight excluding hydrogens is 240 g/mol. The Labute approximate surface area is 114 Å². The Morgan fingerprint density at radius 1 is 1.11 bits per heavy atom. The number of morpholine rings is 1. The van der Waals surface area contributed by atoms with Crippen LogP contribution in [0.3, 0.4) is 0 Å². The van der Waals surface area contributed by atoms with Gasteiger partial charge in [-0.3, -0.25) is 4.90 Å². The van der Waals surface area contributed by atoms with E-state index in [9.17, 15) is 0 Å². The van der Waals surface area contributed by atoms with Gasteiger partial charge in [-0.2, -0.15) is 0 Å². The largest absolute Gasteiger partial charge is 0.378 e. The van der Waals surface area contributed by atoms with Crippen LogP contribution in [-0.4, -0.2) is 56.5 Å². The number of nitrogens with zero attached hydrogens (tertiary/aromatic N) is 1. The van der Waals surface area contributed by atoms with Gasteiger partial charge in [-0.15, -0.1) is 0 Å². The summed E-state index contributed by atoms with van der Waals surface area (Å²) < 4.78 is 11.5. The highest BCUT2D eigenvalue weighted by molar-refractivity contribution is 5.15. The second-order valence-electron chi connectivity index (χ2n) is 5.41. The molecule has 3 rings (SSSR count). The van der Waals surface area contributed by atoms with Crippen LogP contribution < -0.4 is 5.32 Å². The standard InChI is InChI=1S/C15H22N2O2/c1-2-4-14(5-3-1)10-17-7-9-19-13-15(17)11-16-6-8-18-12-15/h1-5,16H,6-13H2. The number of nitrogens with one attached hydrogen (secondary N) is 1. The van der Waals surface area contributed by atoms with E-state index in [1.807, 2.05) is 0 Å². The molecule has 1 aromatic rings. The molecule has 0 aliphatic carbocycles. The van der Waals surface area contributed by atoms with Crippen LogP contribution >= 0.6 is 0 Å². The summed E-state index contributed by atoms with van der Waals surface area (Å²) in [5.74, 6) is 0. The van der Waals surface area contributed by atoms with E-state index in [0.29, 0.717) is 0 Å². The fourth-order valence-corrected chi connectivity index (χ4v) is 2.89. The van der Waals surface area contributed by atoms with Crippen molar-refractivity contribution >= 4 is 0 Å². The maximum absolute atomic E-state index is 5.77. The van der Waals surface area contributed by atoms with Crippen molar-refractivity contribution in [1.29, 1.82) is 0 Å². The van der Waals surface area contributed by atoms with Crippen LogP contribution in [0.5, 0.6) is 0 Å². The zero-order valence-electron chi connectivity index (χ0n) is 11.3. The molecule has 0 bridgehead atoms. The highest BCUT2D eigenvalue weighted by Gasteiger charge is 2.40. The predicted octanol–water partition coefficient (Wildman–Crippen LogP) is 0.877. The number of hydrogen-bond donors (Lipinski definition) is 1. The Bertz CT molecular complexity index is 388. The average molecular weight is 262 g/mol. The molecule has 2 aliphatic rings. The van der Waals surface area contributed by atoms with Gasteiger partial charge in [-0.25, -0.2) is 0 Å². The molecule has 2 heterocycles. The smallest absolute Gasteiger partial charge is 0.0808 e. The minimum atomic E-state index is -0.00933. The molecule has 1 aromatic carbocycles. The van der Waals surface area contributed by atoms with E-state index in [0.717, 1.165) is 52.6 Å². The molecule has 0 amide bonds. The molecule has 2 fully saturated rings. The van der Waals surface area contributed by atoms with E-state index in [-0.39, 0.29) is 5.54 Å². The first-order valence-electron chi connectivity index (χ1n) is 7.04. The van der Waals surface area contributed by atoms with Crippen molar-refractivity contribution in [2.75, 3.05) is 46.1 Å².